The van der Waals surface area contributed by atoms with E-state index in [2.05, 4.69) is 223 Å². The first-order chi connectivity index (χ1) is 31.0. The summed E-state index contributed by atoms with van der Waals surface area (Å²) in [6.45, 7) is 17.8. The smallest absolute Gasteiger partial charge is 0.136 e. The van der Waals surface area contributed by atoms with Crippen LogP contribution in [-0.2, 0) is 0 Å². The van der Waals surface area contributed by atoms with Crippen LogP contribution in [0.1, 0.15) is 72.9 Å². The minimum Gasteiger partial charge on any atom is -0.456 e. The maximum atomic E-state index is 6.72. The molecule has 11 aromatic rings. The molecule has 4 heteroatoms. The maximum Gasteiger partial charge on any atom is 0.136 e. The van der Waals surface area contributed by atoms with Crippen molar-refractivity contribution in [2.45, 2.75) is 67.2 Å². The molecule has 4 nitrogen and oxygen atoms in total. The molecule has 0 saturated heterocycles. The summed E-state index contributed by atoms with van der Waals surface area (Å²) in [5.41, 5.74) is 17.9. The van der Waals surface area contributed by atoms with Gasteiger partial charge >= 0.3 is 0 Å². The average Bonchev–Trinajstić information content (AvgIpc) is 3.81. The monoisotopic (exact) mass is 832 g/mol. The Morgan fingerprint density at radius 2 is 0.656 bits per heavy atom. The summed E-state index contributed by atoms with van der Waals surface area (Å²) in [5.74, 6) is 0.937. The third-order valence-electron chi connectivity index (χ3n) is 13.4. The fraction of sp³-hybridized carbons (Fsp3) is 0.167. The normalized spacial score (nSPS) is 12.0. The molecule has 314 valence electrons. The lowest BCUT2D eigenvalue weighted by atomic mass is 10.0. The van der Waals surface area contributed by atoms with Crippen LogP contribution in [0.3, 0.4) is 0 Å². The molecule has 64 heavy (non-hydrogen) atoms. The highest BCUT2D eigenvalue weighted by molar-refractivity contribution is 6.18. The maximum absolute atomic E-state index is 6.72. The number of rotatable bonds is 8. The van der Waals surface area contributed by atoms with Gasteiger partial charge < -0.3 is 18.6 Å². The summed E-state index contributed by atoms with van der Waals surface area (Å²) in [6, 6.07) is 57.9. The van der Waals surface area contributed by atoms with Gasteiger partial charge in [0, 0.05) is 44.3 Å². The molecule has 0 unspecified atom stereocenters. The van der Waals surface area contributed by atoms with Gasteiger partial charge in [-0.25, -0.2) is 0 Å². The second kappa shape index (κ2) is 15.2. The molecular weight excluding hydrogens is 781 g/mol. The highest BCUT2D eigenvalue weighted by Crippen LogP contribution is 2.45. The first-order valence-corrected chi connectivity index (χ1v) is 22.6. The lowest BCUT2D eigenvalue weighted by Gasteiger charge is -2.29. The van der Waals surface area contributed by atoms with Crippen molar-refractivity contribution >= 4 is 99.5 Å². The molecule has 0 aliphatic carbocycles. The predicted octanol–water partition coefficient (Wildman–Crippen LogP) is 18.2. The van der Waals surface area contributed by atoms with Crippen LogP contribution in [0.2, 0.25) is 0 Å². The van der Waals surface area contributed by atoms with Crippen LogP contribution in [0.25, 0.3) is 65.4 Å². The number of benzene rings is 9. The van der Waals surface area contributed by atoms with Crippen LogP contribution < -0.4 is 9.80 Å². The minimum atomic E-state index is 0.468. The van der Waals surface area contributed by atoms with Crippen molar-refractivity contribution in [3.8, 4) is 0 Å². The molecule has 0 aliphatic rings. The van der Waals surface area contributed by atoms with Crippen LogP contribution in [0.5, 0.6) is 0 Å². The van der Waals surface area contributed by atoms with E-state index >= 15 is 0 Å². The molecule has 0 bridgehead atoms. The van der Waals surface area contributed by atoms with E-state index in [1.54, 1.807) is 0 Å². The Hall–Kier alpha value is -7.30. The lowest BCUT2D eigenvalue weighted by molar-refractivity contribution is 0.664. The van der Waals surface area contributed by atoms with Gasteiger partial charge in [0.05, 0.1) is 11.4 Å². The Morgan fingerprint density at radius 1 is 0.328 bits per heavy atom. The Labute approximate surface area is 375 Å². The van der Waals surface area contributed by atoms with Crippen molar-refractivity contribution in [2.75, 3.05) is 9.80 Å². The van der Waals surface area contributed by atoms with E-state index in [1.807, 2.05) is 0 Å². The number of hydrogen-bond donors (Lipinski definition) is 0. The molecule has 0 atom stereocenters. The number of furan rings is 2. The largest absolute Gasteiger partial charge is 0.456 e. The van der Waals surface area contributed by atoms with E-state index < -0.39 is 0 Å². The lowest BCUT2D eigenvalue weighted by Crippen LogP contribution is -2.13. The van der Waals surface area contributed by atoms with Crippen LogP contribution in [-0.4, -0.2) is 0 Å². The van der Waals surface area contributed by atoms with Crippen LogP contribution in [0.15, 0.2) is 167 Å². The van der Waals surface area contributed by atoms with Gasteiger partial charge in [0.25, 0.3) is 0 Å². The number of hydrogen-bond acceptors (Lipinski definition) is 4. The molecule has 2 aromatic heterocycles. The van der Waals surface area contributed by atoms with Gasteiger partial charge in [0.15, 0.2) is 0 Å². The predicted molar refractivity (Wildman–Crippen MR) is 273 cm³/mol. The summed E-state index contributed by atoms with van der Waals surface area (Å²) >= 11 is 0. The Kier molecular flexibility index (Phi) is 9.39. The number of fused-ring (bicyclic) bond motifs is 8. The van der Waals surface area contributed by atoms with E-state index in [0.29, 0.717) is 11.8 Å². The standard InChI is InChI=1S/C60H52N2O2/c1-35(2)41-15-21-47(22-16-41)61(59-37(5)11-9-12-38(59)6)49-25-19-43-29-51-53-33-58-54(34-57(53)63-55(51)31-45(43)27-49)52-30-44-20-26-50(28-46(44)32-56(52)64-58)62(60-39(7)13-10-14-40(60)8)48-23-17-42(18-24-48)36(3)4/h9-36H,1-8H3. The van der Waals surface area contributed by atoms with E-state index in [-0.39, 0.29) is 0 Å². The van der Waals surface area contributed by atoms with E-state index in [9.17, 15) is 0 Å². The molecule has 0 N–H and O–H groups in total. The van der Waals surface area contributed by atoms with Crippen LogP contribution in [0.4, 0.5) is 34.1 Å². The molecule has 0 amide bonds. The van der Waals surface area contributed by atoms with Gasteiger partial charge in [0.1, 0.15) is 22.3 Å². The van der Waals surface area contributed by atoms with Gasteiger partial charge in [-0.05, 0) is 179 Å². The number of para-hydroxylation sites is 2. The van der Waals surface area contributed by atoms with Crippen LogP contribution in [0, 0.1) is 27.7 Å². The molecule has 11 rings (SSSR count). The van der Waals surface area contributed by atoms with E-state index in [1.165, 1.54) is 44.8 Å². The molecule has 2 heterocycles. The fourth-order valence-electron chi connectivity index (χ4n) is 9.93. The molecule has 0 spiro atoms. The SMILES string of the molecule is Cc1cccc(C)c1N(c1ccc(C(C)C)cc1)c1ccc2cc3c(cc2c1)oc1cc2c(cc13)oc1cc3cc(N(c4ccc(C(C)C)cc4)c4c(C)cccc4C)ccc3cc12. The zero-order valence-corrected chi connectivity index (χ0v) is 37.9. The summed E-state index contributed by atoms with van der Waals surface area (Å²) in [6.07, 6.45) is 0. The quantitative estimate of drug-likeness (QED) is 0.153. The van der Waals surface area contributed by atoms with Gasteiger partial charge in [-0.15, -0.1) is 0 Å². The molecule has 0 radical (unpaired) electrons. The van der Waals surface area contributed by atoms with Gasteiger partial charge in [0.2, 0.25) is 0 Å². The van der Waals surface area contributed by atoms with Crippen molar-refractivity contribution in [1.29, 1.82) is 0 Å². The summed E-state index contributed by atoms with van der Waals surface area (Å²) in [7, 11) is 0. The third-order valence-corrected chi connectivity index (χ3v) is 13.4. The molecular formula is C60H52N2O2. The molecule has 0 aliphatic heterocycles. The van der Waals surface area contributed by atoms with Crippen molar-refractivity contribution in [1.82, 2.24) is 0 Å². The van der Waals surface area contributed by atoms with Gasteiger partial charge in [-0.2, -0.15) is 0 Å². The zero-order valence-electron chi connectivity index (χ0n) is 37.9. The van der Waals surface area contributed by atoms with Crippen molar-refractivity contribution in [3.05, 3.63) is 191 Å². The van der Waals surface area contributed by atoms with E-state index in [4.69, 9.17) is 8.83 Å². The molecule has 0 saturated carbocycles. The fourth-order valence-corrected chi connectivity index (χ4v) is 9.93. The summed E-state index contributed by atoms with van der Waals surface area (Å²) in [4.78, 5) is 4.79. The number of aryl methyl sites for hydroxylation is 4. The summed E-state index contributed by atoms with van der Waals surface area (Å²) < 4.78 is 13.4. The Bertz CT molecular complexity index is 3320. The topological polar surface area (TPSA) is 32.8 Å². The van der Waals surface area contributed by atoms with Crippen LogP contribution >= 0.6 is 0 Å². The highest BCUT2D eigenvalue weighted by atomic mass is 16.3. The van der Waals surface area contributed by atoms with Crippen molar-refractivity contribution < 1.29 is 8.83 Å². The summed E-state index contributed by atoms with van der Waals surface area (Å²) in [5, 5.41) is 8.84. The average molecular weight is 833 g/mol. The first-order valence-electron chi connectivity index (χ1n) is 22.6. The third kappa shape index (κ3) is 6.59. The van der Waals surface area contributed by atoms with Crippen molar-refractivity contribution in [2.24, 2.45) is 0 Å². The number of anilines is 6. The number of nitrogens with zero attached hydrogens (tertiary/aromatic N) is 2. The first kappa shape index (κ1) is 39.5. The van der Waals surface area contributed by atoms with E-state index in [0.717, 1.165) is 88.2 Å². The molecule has 0 fully saturated rings. The highest BCUT2D eigenvalue weighted by Gasteiger charge is 2.21. The van der Waals surface area contributed by atoms with Gasteiger partial charge in [-0.1, -0.05) is 100 Å². The minimum absolute atomic E-state index is 0.468. The second-order valence-electron chi connectivity index (χ2n) is 18.5. The Morgan fingerprint density at radius 3 is 1.02 bits per heavy atom. The Balaban J connectivity index is 0.998. The zero-order chi connectivity index (χ0) is 44.0. The molecule has 9 aromatic carbocycles. The van der Waals surface area contributed by atoms with Gasteiger partial charge in [-0.3, -0.25) is 0 Å². The second-order valence-corrected chi connectivity index (χ2v) is 18.5. The van der Waals surface area contributed by atoms with Crippen molar-refractivity contribution in [3.63, 3.8) is 0 Å².